The van der Waals surface area contributed by atoms with Crippen LogP contribution in [0, 0.1) is 0 Å². The van der Waals surface area contributed by atoms with Crippen molar-refractivity contribution in [3.8, 4) is 0 Å². The van der Waals surface area contributed by atoms with E-state index in [4.69, 9.17) is 4.74 Å². The summed E-state index contributed by atoms with van der Waals surface area (Å²) in [5.41, 5.74) is 0. The van der Waals surface area contributed by atoms with Gasteiger partial charge in [-0.3, -0.25) is 9.59 Å². The number of hydrogen-bond donors (Lipinski definition) is 3. The molecular formula is C59H107NO5. The number of carbonyl (C=O) groups excluding carboxylic acids is 2. The first-order chi connectivity index (χ1) is 32.0. The average molecular weight is 911 g/mol. The number of ether oxygens (including phenoxy) is 1. The van der Waals surface area contributed by atoms with Crippen LogP contribution in [0.4, 0.5) is 0 Å². The van der Waals surface area contributed by atoms with E-state index in [0.717, 1.165) is 83.5 Å². The van der Waals surface area contributed by atoms with Crippen molar-refractivity contribution in [1.82, 2.24) is 5.32 Å². The molecule has 3 atom stereocenters. The highest BCUT2D eigenvalue weighted by Crippen LogP contribution is 2.17. The number of nitrogens with one attached hydrogen (secondary N) is 1. The van der Waals surface area contributed by atoms with E-state index < -0.39 is 18.2 Å². The summed E-state index contributed by atoms with van der Waals surface area (Å²) in [6.07, 6.45) is 65.7. The van der Waals surface area contributed by atoms with Crippen LogP contribution < -0.4 is 5.32 Å². The summed E-state index contributed by atoms with van der Waals surface area (Å²) < 4.78 is 5.91. The van der Waals surface area contributed by atoms with Crippen LogP contribution in [0.25, 0.3) is 0 Å². The van der Waals surface area contributed by atoms with Crippen LogP contribution in [0.2, 0.25) is 0 Å². The minimum absolute atomic E-state index is 0.0338. The van der Waals surface area contributed by atoms with Gasteiger partial charge in [0, 0.05) is 6.42 Å². The van der Waals surface area contributed by atoms with Crippen LogP contribution in [-0.2, 0) is 14.3 Å². The van der Waals surface area contributed by atoms with Gasteiger partial charge in [-0.15, -0.1) is 0 Å². The third-order valence-corrected chi connectivity index (χ3v) is 12.6. The summed E-state index contributed by atoms with van der Waals surface area (Å²) >= 11 is 0. The fraction of sp³-hybridized carbons (Fsp3) is 0.797. The van der Waals surface area contributed by atoms with Crippen molar-refractivity contribution >= 4 is 11.9 Å². The number of amides is 1. The molecule has 0 heterocycles. The second-order valence-electron chi connectivity index (χ2n) is 19.0. The highest BCUT2D eigenvalue weighted by Gasteiger charge is 2.24. The molecule has 0 aromatic carbocycles. The Labute approximate surface area is 403 Å². The first-order valence-corrected chi connectivity index (χ1v) is 28.0. The Morgan fingerprint density at radius 1 is 0.446 bits per heavy atom. The molecule has 0 aliphatic rings. The maximum absolute atomic E-state index is 13.2. The van der Waals surface area contributed by atoms with Crippen LogP contribution >= 0.6 is 0 Å². The average Bonchev–Trinajstić information content (AvgIpc) is 3.30. The van der Waals surface area contributed by atoms with Crippen molar-refractivity contribution in [1.29, 1.82) is 0 Å². The van der Waals surface area contributed by atoms with Crippen LogP contribution in [0.3, 0.4) is 0 Å². The minimum atomic E-state index is -0.806. The van der Waals surface area contributed by atoms with Crippen molar-refractivity contribution in [3.05, 3.63) is 60.8 Å². The van der Waals surface area contributed by atoms with E-state index in [1.807, 2.05) is 0 Å². The van der Waals surface area contributed by atoms with Crippen molar-refractivity contribution in [3.63, 3.8) is 0 Å². The summed E-state index contributed by atoms with van der Waals surface area (Å²) in [5.74, 6) is -0.542. The predicted octanol–water partition coefficient (Wildman–Crippen LogP) is 17.2. The highest BCUT2D eigenvalue weighted by molar-refractivity contribution is 5.77. The third-order valence-electron chi connectivity index (χ3n) is 12.6. The Bertz CT molecular complexity index is 1160. The molecule has 1 amide bonds. The van der Waals surface area contributed by atoms with Crippen LogP contribution in [0.5, 0.6) is 0 Å². The molecule has 0 aromatic rings. The molecule has 6 nitrogen and oxygen atoms in total. The smallest absolute Gasteiger partial charge is 0.306 e. The Morgan fingerprint density at radius 3 is 1.26 bits per heavy atom. The van der Waals surface area contributed by atoms with Gasteiger partial charge < -0.3 is 20.3 Å². The van der Waals surface area contributed by atoms with Gasteiger partial charge >= 0.3 is 5.97 Å². The number of rotatable bonds is 50. The zero-order chi connectivity index (χ0) is 47.4. The molecule has 0 aromatic heterocycles. The molecule has 0 rings (SSSR count). The van der Waals surface area contributed by atoms with Crippen molar-refractivity contribution in [2.24, 2.45) is 0 Å². The fourth-order valence-corrected chi connectivity index (χ4v) is 8.30. The minimum Gasteiger partial charge on any atom is -0.462 e. The van der Waals surface area contributed by atoms with Gasteiger partial charge in [0.15, 0.2) is 0 Å². The first kappa shape index (κ1) is 62.6. The maximum Gasteiger partial charge on any atom is 0.306 e. The van der Waals surface area contributed by atoms with Gasteiger partial charge in [0.25, 0.3) is 0 Å². The first-order valence-electron chi connectivity index (χ1n) is 28.0. The van der Waals surface area contributed by atoms with E-state index >= 15 is 0 Å². The Kier molecular flexibility index (Phi) is 50.6. The molecule has 0 radical (unpaired) electrons. The maximum atomic E-state index is 13.2. The molecule has 0 fully saturated rings. The second kappa shape index (κ2) is 52.5. The fourth-order valence-electron chi connectivity index (χ4n) is 8.30. The zero-order valence-corrected chi connectivity index (χ0v) is 43.1. The molecule has 0 aliphatic heterocycles. The molecule has 6 heteroatoms. The number of unbranched alkanes of at least 4 members (excludes halogenated alkanes) is 28. The van der Waals surface area contributed by atoms with E-state index in [-0.39, 0.29) is 24.9 Å². The van der Waals surface area contributed by atoms with Crippen molar-refractivity contribution in [2.75, 3.05) is 6.61 Å². The number of allylic oxidation sites excluding steroid dienone is 10. The SMILES string of the molecule is CCCCC/C=C\C/C=C\C/C=C\C/C=C\CCCC(CC(=O)NC(CO)C(O)CCCCCCCCCCCCCCCCCC)OC(=O)CCCCC/C=C\CCCCCCCC. The van der Waals surface area contributed by atoms with Gasteiger partial charge in [-0.1, -0.05) is 236 Å². The van der Waals surface area contributed by atoms with Crippen LogP contribution in [0.15, 0.2) is 60.8 Å². The number of esters is 1. The van der Waals surface area contributed by atoms with E-state index in [9.17, 15) is 19.8 Å². The molecule has 65 heavy (non-hydrogen) atoms. The van der Waals surface area contributed by atoms with E-state index in [2.05, 4.69) is 86.8 Å². The van der Waals surface area contributed by atoms with Gasteiger partial charge in [0.1, 0.15) is 6.10 Å². The van der Waals surface area contributed by atoms with Gasteiger partial charge in [-0.2, -0.15) is 0 Å². The molecule has 0 bridgehead atoms. The van der Waals surface area contributed by atoms with Gasteiger partial charge in [-0.25, -0.2) is 0 Å². The molecule has 378 valence electrons. The van der Waals surface area contributed by atoms with Gasteiger partial charge in [0.05, 0.1) is 25.2 Å². The summed E-state index contributed by atoms with van der Waals surface area (Å²) in [6, 6.07) is -0.723. The van der Waals surface area contributed by atoms with E-state index in [1.54, 1.807) is 0 Å². The normalized spacial score (nSPS) is 13.6. The van der Waals surface area contributed by atoms with Crippen molar-refractivity contribution < 1.29 is 24.5 Å². The number of hydrogen-bond acceptors (Lipinski definition) is 5. The molecule has 0 saturated heterocycles. The standard InChI is InChI=1S/C59H107NO5/c1-4-7-10-13-16-19-22-25-27-29-30-33-35-38-41-44-47-50-55(65-59(64)52-49-46-43-40-37-32-24-21-18-15-12-9-6-3)53-58(63)60-56(54-61)57(62)51-48-45-42-39-36-34-31-28-26-23-20-17-14-11-8-5-2/h16,19,25,27,30,32-33,37-38,41,55-57,61-62H,4-15,17-18,20-24,26,28-29,31,34-36,39-40,42-54H2,1-3H3,(H,60,63)/b19-16-,27-25-,33-30-,37-32-,41-38-. The number of carbonyl (C=O) groups is 2. The Morgan fingerprint density at radius 2 is 0.800 bits per heavy atom. The zero-order valence-electron chi connectivity index (χ0n) is 43.1. The summed E-state index contributed by atoms with van der Waals surface area (Å²) in [5, 5.41) is 23.8. The number of aliphatic hydroxyl groups excluding tert-OH is 2. The van der Waals surface area contributed by atoms with Gasteiger partial charge in [0.2, 0.25) is 5.91 Å². The third kappa shape index (κ3) is 47.8. The highest BCUT2D eigenvalue weighted by atomic mass is 16.5. The Hall–Kier alpha value is -2.44. The Balaban J connectivity index is 4.66. The summed E-state index contributed by atoms with van der Waals surface area (Å²) in [4.78, 5) is 26.2. The van der Waals surface area contributed by atoms with E-state index in [0.29, 0.717) is 19.3 Å². The number of aliphatic hydroxyl groups is 2. The molecule has 0 aliphatic carbocycles. The lowest BCUT2D eigenvalue weighted by molar-refractivity contribution is -0.151. The summed E-state index contributed by atoms with van der Waals surface area (Å²) in [6.45, 7) is 6.45. The molecule has 3 unspecified atom stereocenters. The lowest BCUT2D eigenvalue weighted by atomic mass is 10.0. The topological polar surface area (TPSA) is 95.9 Å². The van der Waals surface area contributed by atoms with E-state index in [1.165, 1.54) is 148 Å². The van der Waals surface area contributed by atoms with Gasteiger partial charge in [-0.05, 0) is 89.9 Å². The monoisotopic (exact) mass is 910 g/mol. The second-order valence-corrected chi connectivity index (χ2v) is 19.0. The van der Waals surface area contributed by atoms with Crippen molar-refractivity contribution in [2.45, 2.75) is 296 Å². The lowest BCUT2D eigenvalue weighted by Gasteiger charge is -2.24. The van der Waals surface area contributed by atoms with Crippen LogP contribution in [0.1, 0.15) is 278 Å². The predicted molar refractivity (Wildman–Crippen MR) is 282 cm³/mol. The van der Waals surface area contributed by atoms with Crippen LogP contribution in [-0.4, -0.2) is 46.9 Å². The molecule has 0 saturated carbocycles. The largest absolute Gasteiger partial charge is 0.462 e. The molecule has 0 spiro atoms. The molecule has 3 N–H and O–H groups in total. The lowest BCUT2D eigenvalue weighted by Crippen LogP contribution is -2.46. The quantitative estimate of drug-likeness (QED) is 0.0321. The molecular weight excluding hydrogens is 803 g/mol. The summed E-state index contributed by atoms with van der Waals surface area (Å²) in [7, 11) is 0.